The molecule has 0 saturated heterocycles. The van der Waals surface area contributed by atoms with Crippen LogP contribution < -0.4 is 32.7 Å². The van der Waals surface area contributed by atoms with Crippen LogP contribution in [0.4, 0.5) is 34.1 Å². The van der Waals surface area contributed by atoms with Gasteiger partial charge in [0.15, 0.2) is 0 Å². The van der Waals surface area contributed by atoms with E-state index in [1.807, 2.05) is 134 Å². The number of hydrogen-bond donors (Lipinski definition) is 6. The van der Waals surface area contributed by atoms with Crippen molar-refractivity contribution in [1.29, 1.82) is 0 Å². The highest BCUT2D eigenvalue weighted by atomic mass is 35.5. The van der Waals surface area contributed by atoms with Crippen LogP contribution in [0.1, 0.15) is 371 Å². The second-order valence-electron chi connectivity index (χ2n) is 36.4. The van der Waals surface area contributed by atoms with Crippen LogP contribution in [-0.4, -0.2) is 75.0 Å². The van der Waals surface area contributed by atoms with Gasteiger partial charge in [-0.25, -0.2) is 24.0 Å². The van der Waals surface area contributed by atoms with Gasteiger partial charge < -0.3 is 56.4 Å². The number of halogens is 1. The van der Waals surface area contributed by atoms with Crippen molar-refractivity contribution in [3.63, 3.8) is 0 Å². The molecule has 7 aromatic rings. The van der Waals surface area contributed by atoms with Gasteiger partial charge in [0.1, 0.15) is 5.60 Å². The number of nitrogens with one attached hydrogen (secondary N) is 4. The van der Waals surface area contributed by atoms with E-state index in [4.69, 9.17) is 46.8 Å². The van der Waals surface area contributed by atoms with E-state index in [2.05, 4.69) is 76.7 Å². The number of ether oxygens (including phenoxy) is 5. The first-order chi connectivity index (χ1) is 60.7. The largest absolute Gasteiger partial charge is 0.462 e. The molecule has 0 radical (unpaired) electrons. The monoisotopic (exact) mass is 1730 g/mol. The average molecular weight is 1730 g/mol. The topological polar surface area (TPSA) is 232 Å². The lowest BCUT2D eigenvalue weighted by molar-refractivity contribution is 0.00684. The number of nitrogens with two attached hydrogens (primary N) is 2. The third-order valence-electron chi connectivity index (χ3n) is 25.0. The fourth-order valence-corrected chi connectivity index (χ4v) is 18.2. The molecule has 0 amide bonds. The summed E-state index contributed by atoms with van der Waals surface area (Å²) in [4.78, 5) is 60.4. The number of esters is 5. The normalized spacial score (nSPS) is 15.6. The molecule has 5 fully saturated rings. The molecule has 5 aliphatic carbocycles. The second kappa shape index (κ2) is 57.6. The van der Waals surface area contributed by atoms with Crippen LogP contribution in [0.2, 0.25) is 5.02 Å². The first-order valence-electron chi connectivity index (χ1n) is 48.5. The maximum atomic E-state index is 12.2. The first-order valence-corrected chi connectivity index (χ1v) is 48.9. The molecule has 684 valence electrons. The fourth-order valence-electron chi connectivity index (χ4n) is 18.0. The van der Waals surface area contributed by atoms with Crippen molar-refractivity contribution in [3.8, 4) is 0 Å². The molecule has 0 heterocycles. The second-order valence-corrected chi connectivity index (χ2v) is 36.8. The smallest absolute Gasteiger partial charge is 0.338 e. The Morgan fingerprint density at radius 2 is 0.720 bits per heavy atom. The number of carbonyl (C=O) groups excluding carboxylic acids is 5. The molecule has 8 N–H and O–H groups in total. The highest BCUT2D eigenvalue weighted by Crippen LogP contribution is 2.36. The van der Waals surface area contributed by atoms with Crippen molar-refractivity contribution in [1.82, 2.24) is 0 Å². The molecule has 0 spiro atoms. The lowest BCUT2D eigenvalue weighted by atomic mass is 9.84. The SMILES string of the molecule is CC(C)(C)OC(=O)c1ccc(CC2CCCCCCC2)c(N)c1.CCCCCCCCCCOC(=O)c1ccc(NC2CCCCC2)c(N)c1.CCOC(=O)c1ccc(CC2CCCCC2)c(NCc2cccc(Cl)c2)c1.CCOC(=O)c1ccc(CC2CCCCC2)c(NCc2ccccc2)c1.CCOC(=O)c1ccc(CC2CCCCCCC2)c(NC)c1. The summed E-state index contributed by atoms with van der Waals surface area (Å²) >= 11 is 6.10. The van der Waals surface area contributed by atoms with E-state index in [9.17, 15) is 24.0 Å². The van der Waals surface area contributed by atoms with Crippen LogP contribution in [0.3, 0.4) is 0 Å². The molecule has 17 heteroatoms. The predicted molar refractivity (Wildman–Crippen MR) is 519 cm³/mol. The number of unbranched alkanes of at least 4 members (excludes halogenated alkanes) is 7. The molecule has 0 aromatic heterocycles. The van der Waals surface area contributed by atoms with Crippen LogP contribution in [0.5, 0.6) is 0 Å². The van der Waals surface area contributed by atoms with E-state index >= 15 is 0 Å². The van der Waals surface area contributed by atoms with E-state index in [-0.39, 0.29) is 29.8 Å². The van der Waals surface area contributed by atoms with Crippen LogP contribution in [0, 0.1) is 23.7 Å². The maximum absolute atomic E-state index is 12.2. The third kappa shape index (κ3) is 38.6. The molecule has 5 saturated carbocycles. The summed E-state index contributed by atoms with van der Waals surface area (Å²) in [7, 11) is 1.92. The number of nitrogen functional groups attached to an aromatic ring is 2. The maximum Gasteiger partial charge on any atom is 0.338 e. The zero-order chi connectivity index (χ0) is 89.2. The molecule has 125 heavy (non-hydrogen) atoms. The van der Waals surface area contributed by atoms with Gasteiger partial charge in [0, 0.05) is 54.0 Å². The molecule has 5 aliphatic rings. The zero-order valence-electron chi connectivity index (χ0n) is 77.6. The quantitative estimate of drug-likeness (QED) is 0.00953. The van der Waals surface area contributed by atoms with E-state index in [1.54, 1.807) is 12.1 Å². The number of rotatable bonds is 34. The Morgan fingerprint density at radius 1 is 0.360 bits per heavy atom. The summed E-state index contributed by atoms with van der Waals surface area (Å²) in [6.45, 7) is 16.5. The van der Waals surface area contributed by atoms with E-state index in [0.29, 0.717) is 72.5 Å². The summed E-state index contributed by atoms with van der Waals surface area (Å²) in [6, 6.07) is 47.6. The standard InChI is InChI=1S/C23H28ClNO2.C23H38N2O2.C23H29NO2.C20H31NO2.C19H29NO2/c1-2-27-23(26)20-12-11-19(13-17-7-4-3-5-8-17)22(15-20)25-16-18-9-6-10-21(24)14-18;1-2-3-4-5-6-7-8-12-17-27-23(26)19-15-16-22(21(24)18-19)25-20-13-10-9-11-14-20;1-2-26-23(25)21-14-13-20(15-18-9-5-3-6-10-18)22(16-21)24-17-19-11-7-4-8-12-19;1-20(2,3)23-19(22)17-12-11-16(18(21)14-17)13-15-9-7-5-4-6-8-10-15;1-3-22-19(21)17-12-11-16(18(14-17)20-2)13-15-9-7-5-4-6-8-10-15/h6,9-12,14-15,17,25H,2-5,7-8,13,16H2,1H3;15-16,18,20,25H,2-14,17,24H2,1H3;4,7-8,11-14,16,18,24H,2-3,5-6,9-10,15,17H2,1H3;11-12,14-15H,4-10,13,21H2,1-3H3;11-12,14-15,20H,3-10,13H2,1-2H3. The predicted octanol–water partition coefficient (Wildman–Crippen LogP) is 28.1. The van der Waals surface area contributed by atoms with Gasteiger partial charge in [0.25, 0.3) is 0 Å². The van der Waals surface area contributed by atoms with Gasteiger partial charge in [-0.15, -0.1) is 0 Å². The Morgan fingerprint density at radius 3 is 1.15 bits per heavy atom. The Balaban J connectivity index is 0.000000194. The van der Waals surface area contributed by atoms with Crippen molar-refractivity contribution in [2.75, 3.05) is 66.2 Å². The number of hydrogen-bond acceptors (Lipinski definition) is 16. The first kappa shape index (κ1) is 101. The fraction of sp³-hybridized carbons (Fsp3) is 0.565. The molecular formula is C108H155ClN6O10. The van der Waals surface area contributed by atoms with E-state index in [1.165, 1.54) is 253 Å². The molecule has 7 aromatic carbocycles. The highest BCUT2D eigenvalue weighted by molar-refractivity contribution is 6.30. The van der Waals surface area contributed by atoms with Gasteiger partial charge in [0.2, 0.25) is 0 Å². The van der Waals surface area contributed by atoms with Crippen molar-refractivity contribution >= 4 is 75.6 Å². The third-order valence-corrected chi connectivity index (χ3v) is 25.3. The van der Waals surface area contributed by atoms with Gasteiger partial charge in [-0.3, -0.25) is 0 Å². The Kier molecular flexibility index (Phi) is 46.8. The molecule has 12 rings (SSSR count). The molecule has 16 nitrogen and oxygen atoms in total. The molecule has 0 atom stereocenters. The number of benzene rings is 7. The average Bonchev–Trinajstić information content (AvgIpc) is 0.850. The Bertz CT molecular complexity index is 4280. The molecule has 0 bridgehead atoms. The van der Waals surface area contributed by atoms with Gasteiger partial charge >= 0.3 is 29.8 Å². The number of anilines is 6. The lowest BCUT2D eigenvalue weighted by Crippen LogP contribution is -2.24. The van der Waals surface area contributed by atoms with Gasteiger partial charge in [-0.2, -0.15) is 0 Å². The van der Waals surface area contributed by atoms with Crippen molar-refractivity contribution < 1.29 is 47.7 Å². The summed E-state index contributed by atoms with van der Waals surface area (Å²) in [5.41, 5.74) is 27.6. The van der Waals surface area contributed by atoms with Gasteiger partial charge in [-0.1, -0.05) is 304 Å². The van der Waals surface area contributed by atoms with Crippen LogP contribution in [-0.2, 0) is 62.5 Å². The van der Waals surface area contributed by atoms with Gasteiger partial charge in [0.05, 0.1) is 65.6 Å². The summed E-state index contributed by atoms with van der Waals surface area (Å²) in [5, 5.41) is 14.6. The van der Waals surface area contributed by atoms with Crippen molar-refractivity contribution in [2.24, 2.45) is 23.7 Å². The number of carbonyl (C=O) groups is 5. The van der Waals surface area contributed by atoms with Crippen molar-refractivity contribution in [2.45, 2.75) is 336 Å². The van der Waals surface area contributed by atoms with E-state index in [0.717, 1.165) is 108 Å². The minimum atomic E-state index is -0.483. The molecular weight excluding hydrogens is 1580 g/mol. The van der Waals surface area contributed by atoms with Crippen LogP contribution >= 0.6 is 11.6 Å². The van der Waals surface area contributed by atoms with E-state index < -0.39 is 5.60 Å². The molecule has 0 unspecified atom stereocenters. The van der Waals surface area contributed by atoms with Gasteiger partial charge in [-0.05, 0) is 222 Å². The lowest BCUT2D eigenvalue weighted by Gasteiger charge is -2.24. The summed E-state index contributed by atoms with van der Waals surface area (Å²) in [5.74, 6) is 1.67. The summed E-state index contributed by atoms with van der Waals surface area (Å²) in [6.07, 6.45) is 52.7. The highest BCUT2D eigenvalue weighted by Gasteiger charge is 2.25. The Labute approximate surface area is 756 Å². The molecule has 0 aliphatic heterocycles. The minimum Gasteiger partial charge on any atom is -0.462 e. The van der Waals surface area contributed by atoms with Crippen molar-refractivity contribution in [3.05, 3.63) is 212 Å². The van der Waals surface area contributed by atoms with Crippen LogP contribution in [0.25, 0.3) is 0 Å². The zero-order valence-corrected chi connectivity index (χ0v) is 78.3. The minimum absolute atomic E-state index is 0.239. The summed E-state index contributed by atoms with van der Waals surface area (Å²) < 4.78 is 26.2. The van der Waals surface area contributed by atoms with Crippen LogP contribution in [0.15, 0.2) is 146 Å². The Hall–Kier alpha value is -9.02.